The van der Waals surface area contributed by atoms with Crippen molar-refractivity contribution in [2.45, 2.75) is 44.9 Å². The molecule has 7 heteroatoms. The summed E-state index contributed by atoms with van der Waals surface area (Å²) in [6.07, 6.45) is 5.44. The molecular weight excluding hydrogens is 526 g/mol. The highest BCUT2D eigenvalue weighted by Gasteiger charge is 2.29. The highest BCUT2D eigenvalue weighted by atomic mass is 16.2. The average molecular weight is 558 g/mol. The van der Waals surface area contributed by atoms with Crippen LogP contribution < -0.4 is 5.32 Å². The van der Waals surface area contributed by atoms with Gasteiger partial charge in [0.25, 0.3) is 0 Å². The lowest BCUT2D eigenvalue weighted by molar-refractivity contribution is -0.127. The Hall–Kier alpha value is -5.04. The van der Waals surface area contributed by atoms with E-state index < -0.39 is 11.8 Å². The summed E-state index contributed by atoms with van der Waals surface area (Å²) in [5.41, 5.74) is 3.59. The zero-order valence-electron chi connectivity index (χ0n) is 23.4. The van der Waals surface area contributed by atoms with Crippen LogP contribution in [0.3, 0.4) is 0 Å². The van der Waals surface area contributed by atoms with Crippen LogP contribution in [0.15, 0.2) is 97.3 Å². The summed E-state index contributed by atoms with van der Waals surface area (Å²) in [6.45, 7) is 1.54. The van der Waals surface area contributed by atoms with Crippen molar-refractivity contribution in [2.24, 2.45) is 0 Å². The first kappa shape index (κ1) is 28.5. The van der Waals surface area contributed by atoms with E-state index in [2.05, 4.69) is 15.3 Å². The van der Waals surface area contributed by atoms with Crippen molar-refractivity contribution >= 4 is 50.8 Å². The molecule has 0 saturated carbocycles. The van der Waals surface area contributed by atoms with E-state index in [0.29, 0.717) is 48.0 Å². The van der Waals surface area contributed by atoms with E-state index in [1.165, 1.54) is 0 Å². The summed E-state index contributed by atoms with van der Waals surface area (Å²) >= 11 is 0. The molecular formula is C35H31N3O4. The number of nitrogens with one attached hydrogen (secondary N) is 1. The van der Waals surface area contributed by atoms with Crippen LogP contribution in [-0.4, -0.2) is 33.2 Å². The predicted molar refractivity (Wildman–Crippen MR) is 163 cm³/mol. The summed E-state index contributed by atoms with van der Waals surface area (Å²) in [5, 5.41) is 4.72. The maximum absolute atomic E-state index is 13.9. The van der Waals surface area contributed by atoms with E-state index in [0.717, 1.165) is 21.9 Å². The molecule has 7 nitrogen and oxygen atoms in total. The van der Waals surface area contributed by atoms with Crippen LogP contribution in [0.25, 0.3) is 21.8 Å². The topological polar surface area (TPSA) is 106 Å². The molecule has 0 bridgehead atoms. The zero-order valence-corrected chi connectivity index (χ0v) is 23.4. The molecule has 0 fully saturated rings. The largest absolute Gasteiger partial charge is 0.323 e. The number of benzene rings is 3. The number of hydrogen-bond donors (Lipinski definition) is 1. The van der Waals surface area contributed by atoms with E-state index >= 15 is 0 Å². The monoisotopic (exact) mass is 557 g/mol. The Morgan fingerprint density at radius 3 is 2.05 bits per heavy atom. The van der Waals surface area contributed by atoms with Crippen molar-refractivity contribution < 1.29 is 19.2 Å². The Labute approximate surface area is 244 Å². The molecule has 0 spiro atoms. The molecule has 5 rings (SSSR count). The van der Waals surface area contributed by atoms with Crippen molar-refractivity contribution in [2.75, 3.05) is 5.32 Å². The van der Waals surface area contributed by atoms with E-state index in [9.17, 15) is 19.2 Å². The van der Waals surface area contributed by atoms with Gasteiger partial charge in [-0.2, -0.15) is 0 Å². The Bertz CT molecular complexity index is 1680. The fraction of sp³-hybridized carbons (Fsp3) is 0.200. The van der Waals surface area contributed by atoms with E-state index in [1.54, 1.807) is 49.6 Å². The van der Waals surface area contributed by atoms with Crippen molar-refractivity contribution in [3.63, 3.8) is 0 Å². The van der Waals surface area contributed by atoms with E-state index in [1.807, 2.05) is 54.6 Å². The van der Waals surface area contributed by atoms with Gasteiger partial charge in [0.15, 0.2) is 11.6 Å². The van der Waals surface area contributed by atoms with E-state index in [4.69, 9.17) is 0 Å². The van der Waals surface area contributed by atoms with Crippen molar-refractivity contribution in [1.29, 1.82) is 0 Å². The molecule has 42 heavy (non-hydrogen) atoms. The number of carbonyl (C=O) groups is 4. The standard InChI is InChI=1S/C35H31N3O4/c1-23(39)8-2-3-15-30(40)24-16-18-25(19-17-24)32(31(41)22-28-11-4-9-26-12-6-20-36-33(26)28)35(42)38-29-14-5-10-27-13-7-21-37-34(27)29/h4-7,9-14,16-21,32H,2-3,8,15,22H2,1H3,(H,38,42). The second kappa shape index (κ2) is 13.1. The second-order valence-electron chi connectivity index (χ2n) is 10.4. The van der Waals surface area contributed by atoms with Crippen LogP contribution in [0.2, 0.25) is 0 Å². The lowest BCUT2D eigenvalue weighted by Crippen LogP contribution is -2.29. The number of fused-ring (bicyclic) bond motifs is 2. The number of ketones is 3. The lowest BCUT2D eigenvalue weighted by atomic mass is 9.88. The van der Waals surface area contributed by atoms with Crippen LogP contribution >= 0.6 is 0 Å². The first-order valence-corrected chi connectivity index (χ1v) is 14.0. The number of hydrogen-bond acceptors (Lipinski definition) is 6. The number of unbranched alkanes of at least 4 members (excludes halogenated alkanes) is 1. The van der Waals surface area contributed by atoms with Crippen molar-refractivity contribution in [1.82, 2.24) is 9.97 Å². The Morgan fingerprint density at radius 1 is 0.714 bits per heavy atom. The molecule has 1 N–H and O–H groups in total. The molecule has 0 saturated heterocycles. The summed E-state index contributed by atoms with van der Waals surface area (Å²) in [7, 11) is 0. The van der Waals surface area contributed by atoms with Gasteiger partial charge in [0.05, 0.1) is 16.7 Å². The fourth-order valence-electron chi connectivity index (χ4n) is 5.16. The van der Waals surface area contributed by atoms with Gasteiger partial charge in [0.1, 0.15) is 11.7 Å². The Morgan fingerprint density at radius 2 is 1.33 bits per heavy atom. The first-order chi connectivity index (χ1) is 20.4. The maximum atomic E-state index is 13.9. The number of para-hydroxylation sites is 2. The molecule has 0 aliphatic rings. The molecule has 0 radical (unpaired) electrons. The quantitative estimate of drug-likeness (QED) is 0.105. The van der Waals surface area contributed by atoms with Gasteiger partial charge >= 0.3 is 0 Å². The van der Waals surface area contributed by atoms with Crippen LogP contribution in [0.4, 0.5) is 5.69 Å². The van der Waals surface area contributed by atoms with Crippen molar-refractivity contribution in [3.05, 3.63) is 114 Å². The van der Waals surface area contributed by atoms with Gasteiger partial charge in [-0.25, -0.2) is 0 Å². The highest BCUT2D eigenvalue weighted by molar-refractivity contribution is 6.14. The molecule has 3 aromatic carbocycles. The van der Waals surface area contributed by atoms with E-state index in [-0.39, 0.29) is 23.8 Å². The van der Waals surface area contributed by atoms with Gasteiger partial charge in [-0.1, -0.05) is 66.7 Å². The third-order valence-corrected chi connectivity index (χ3v) is 7.30. The van der Waals surface area contributed by atoms with Crippen LogP contribution in [0.1, 0.15) is 60.0 Å². The minimum atomic E-state index is -1.12. The summed E-state index contributed by atoms with van der Waals surface area (Å²) in [4.78, 5) is 60.5. The first-order valence-electron chi connectivity index (χ1n) is 14.0. The van der Waals surface area contributed by atoms with Gasteiger partial charge in [-0.3, -0.25) is 24.4 Å². The molecule has 1 unspecified atom stereocenters. The molecule has 0 aliphatic carbocycles. The van der Waals surface area contributed by atoms with Gasteiger partial charge in [0, 0.05) is 48.0 Å². The molecule has 1 atom stereocenters. The number of Topliss-reactive ketones (excluding diaryl/α,β-unsaturated/α-hetero) is 3. The SMILES string of the molecule is CC(=O)CCCCC(=O)c1ccc(C(C(=O)Cc2cccc3cccnc23)C(=O)Nc2cccc3cccnc23)cc1. The zero-order chi connectivity index (χ0) is 29.5. The van der Waals surface area contributed by atoms with Crippen molar-refractivity contribution in [3.8, 4) is 0 Å². The molecule has 0 aliphatic heterocycles. The summed E-state index contributed by atoms with van der Waals surface area (Å²) < 4.78 is 0. The maximum Gasteiger partial charge on any atom is 0.239 e. The third kappa shape index (κ3) is 6.63. The second-order valence-corrected chi connectivity index (χ2v) is 10.4. The van der Waals surface area contributed by atoms with Gasteiger partial charge in [-0.05, 0) is 49.1 Å². The van der Waals surface area contributed by atoms with Gasteiger partial charge in [0.2, 0.25) is 5.91 Å². The summed E-state index contributed by atoms with van der Waals surface area (Å²) in [6, 6.07) is 25.3. The lowest BCUT2D eigenvalue weighted by Gasteiger charge is -2.18. The third-order valence-electron chi connectivity index (χ3n) is 7.30. The van der Waals surface area contributed by atoms with Gasteiger partial charge in [-0.15, -0.1) is 0 Å². The minimum absolute atomic E-state index is 0.0110. The Kier molecular flexibility index (Phi) is 8.87. The van der Waals surface area contributed by atoms with Crippen LogP contribution in [0.5, 0.6) is 0 Å². The number of nitrogens with zero attached hydrogens (tertiary/aromatic N) is 2. The normalized spacial score (nSPS) is 11.7. The molecule has 2 heterocycles. The van der Waals surface area contributed by atoms with Crippen LogP contribution in [-0.2, 0) is 20.8 Å². The summed E-state index contributed by atoms with van der Waals surface area (Å²) in [5.74, 6) is -1.82. The molecule has 1 amide bonds. The predicted octanol–water partition coefficient (Wildman–Crippen LogP) is 6.65. The average Bonchev–Trinajstić information content (AvgIpc) is 3.00. The Balaban J connectivity index is 1.42. The highest BCUT2D eigenvalue weighted by Crippen LogP contribution is 2.27. The number of pyridine rings is 2. The molecule has 5 aromatic rings. The number of aromatic nitrogens is 2. The molecule has 2 aromatic heterocycles. The number of amides is 1. The smallest absolute Gasteiger partial charge is 0.239 e. The number of anilines is 1. The van der Waals surface area contributed by atoms with Crippen LogP contribution in [0, 0.1) is 0 Å². The van der Waals surface area contributed by atoms with Gasteiger partial charge < -0.3 is 10.1 Å². The fourth-order valence-corrected chi connectivity index (χ4v) is 5.16. The molecule has 210 valence electrons. The minimum Gasteiger partial charge on any atom is -0.323 e. The number of rotatable bonds is 12. The number of carbonyl (C=O) groups excluding carboxylic acids is 4.